The van der Waals surface area contributed by atoms with Crippen LogP contribution in [0.15, 0.2) is 58.5 Å². The molecule has 0 radical (unpaired) electrons. The predicted molar refractivity (Wildman–Crippen MR) is 138 cm³/mol. The van der Waals surface area contributed by atoms with Gasteiger partial charge in [0.2, 0.25) is 12.2 Å². The molecule has 0 spiro atoms. The van der Waals surface area contributed by atoms with Gasteiger partial charge in [0.15, 0.2) is 0 Å². The van der Waals surface area contributed by atoms with Crippen molar-refractivity contribution in [2.45, 2.75) is 51.4 Å². The number of hydrogen-bond acceptors (Lipinski definition) is 10. The van der Waals surface area contributed by atoms with Crippen molar-refractivity contribution < 1.29 is 38.1 Å². The van der Waals surface area contributed by atoms with E-state index in [2.05, 4.69) is 9.98 Å². The van der Waals surface area contributed by atoms with Gasteiger partial charge in [0.05, 0.1) is 24.6 Å². The molecule has 0 atom stereocenters. The highest BCUT2D eigenvalue weighted by Crippen LogP contribution is 2.19. The molecule has 0 amide bonds. The first kappa shape index (κ1) is 30.0. The summed E-state index contributed by atoms with van der Waals surface area (Å²) in [5.74, 6) is 0.729. The lowest BCUT2D eigenvalue weighted by molar-refractivity contribution is -0.152. The van der Waals surface area contributed by atoms with Gasteiger partial charge in [-0.3, -0.25) is 9.59 Å². The molecule has 0 aromatic heterocycles. The Bertz CT molecular complexity index is 986. The van der Waals surface area contributed by atoms with Gasteiger partial charge in [-0.25, -0.2) is 9.59 Å². The largest absolute Gasteiger partial charge is 0.494 e. The SMILES string of the molecule is O=C=Nc1ccc(OCCCCCC(=O)OCCOC(=O)CCCCCOc2ccc(N=C=O)cc2)cc1. The first-order valence-corrected chi connectivity index (χ1v) is 12.5. The molecule has 0 aliphatic heterocycles. The second-order valence-corrected chi connectivity index (χ2v) is 8.15. The van der Waals surface area contributed by atoms with Crippen LogP contribution < -0.4 is 9.47 Å². The Morgan fingerprint density at radius 2 is 0.947 bits per heavy atom. The first-order chi connectivity index (χ1) is 18.6. The fraction of sp³-hybridized carbons (Fsp3) is 0.429. The molecule has 0 bridgehead atoms. The number of unbranched alkanes of at least 4 members (excludes halogenated alkanes) is 4. The van der Waals surface area contributed by atoms with Crippen molar-refractivity contribution in [3.63, 3.8) is 0 Å². The Morgan fingerprint density at radius 3 is 1.32 bits per heavy atom. The highest BCUT2D eigenvalue weighted by Gasteiger charge is 2.06. The third-order valence-corrected chi connectivity index (χ3v) is 5.22. The Labute approximate surface area is 221 Å². The van der Waals surface area contributed by atoms with Crippen molar-refractivity contribution in [1.82, 2.24) is 0 Å². The molecule has 0 heterocycles. The number of nitrogens with zero attached hydrogens (tertiary/aromatic N) is 2. The molecule has 10 nitrogen and oxygen atoms in total. The molecular weight excluding hydrogens is 492 g/mol. The van der Waals surface area contributed by atoms with Gasteiger partial charge in [-0.1, -0.05) is 0 Å². The van der Waals surface area contributed by atoms with Crippen LogP contribution in [-0.4, -0.2) is 50.5 Å². The molecule has 2 aromatic carbocycles. The van der Waals surface area contributed by atoms with E-state index in [1.54, 1.807) is 48.5 Å². The monoisotopic (exact) mass is 524 g/mol. The zero-order valence-electron chi connectivity index (χ0n) is 21.3. The molecule has 202 valence electrons. The zero-order valence-corrected chi connectivity index (χ0v) is 21.3. The maximum absolute atomic E-state index is 11.8. The Balaban J connectivity index is 1.38. The minimum Gasteiger partial charge on any atom is -0.494 e. The van der Waals surface area contributed by atoms with Gasteiger partial charge < -0.3 is 18.9 Å². The topological polar surface area (TPSA) is 130 Å². The zero-order chi connectivity index (χ0) is 27.3. The van der Waals surface area contributed by atoms with Crippen molar-refractivity contribution in [2.75, 3.05) is 26.4 Å². The lowest BCUT2D eigenvalue weighted by atomic mass is 10.2. The van der Waals surface area contributed by atoms with Crippen LogP contribution in [-0.2, 0) is 28.7 Å². The van der Waals surface area contributed by atoms with E-state index in [0.29, 0.717) is 61.8 Å². The molecule has 10 heteroatoms. The summed E-state index contributed by atoms with van der Waals surface area (Å²) in [6.07, 6.45) is 8.12. The number of esters is 2. The number of rotatable bonds is 19. The third-order valence-electron chi connectivity index (χ3n) is 5.22. The smallest absolute Gasteiger partial charge is 0.305 e. The fourth-order valence-electron chi connectivity index (χ4n) is 3.27. The van der Waals surface area contributed by atoms with Crippen LogP contribution in [0.5, 0.6) is 11.5 Å². The van der Waals surface area contributed by atoms with Crippen molar-refractivity contribution >= 4 is 35.5 Å². The number of benzene rings is 2. The summed E-state index contributed by atoms with van der Waals surface area (Å²) < 4.78 is 21.4. The molecule has 0 aliphatic rings. The highest BCUT2D eigenvalue weighted by atomic mass is 16.6. The molecule has 0 N–H and O–H groups in total. The van der Waals surface area contributed by atoms with Gasteiger partial charge in [-0.2, -0.15) is 9.98 Å². The summed E-state index contributed by atoms with van der Waals surface area (Å²) in [4.78, 5) is 51.0. The van der Waals surface area contributed by atoms with Crippen LogP contribution in [0.3, 0.4) is 0 Å². The molecule has 0 fully saturated rings. The van der Waals surface area contributed by atoms with Crippen molar-refractivity contribution in [1.29, 1.82) is 0 Å². The van der Waals surface area contributed by atoms with Gasteiger partial charge in [0.25, 0.3) is 0 Å². The average Bonchev–Trinajstić information content (AvgIpc) is 2.92. The van der Waals surface area contributed by atoms with Crippen LogP contribution >= 0.6 is 0 Å². The summed E-state index contributed by atoms with van der Waals surface area (Å²) in [5.41, 5.74) is 1.04. The van der Waals surface area contributed by atoms with Gasteiger partial charge in [0, 0.05) is 12.8 Å². The van der Waals surface area contributed by atoms with E-state index in [0.717, 1.165) is 25.7 Å². The molecule has 38 heavy (non-hydrogen) atoms. The van der Waals surface area contributed by atoms with Crippen molar-refractivity contribution in [3.8, 4) is 11.5 Å². The first-order valence-electron chi connectivity index (χ1n) is 12.5. The fourth-order valence-corrected chi connectivity index (χ4v) is 3.27. The lowest BCUT2D eigenvalue weighted by Gasteiger charge is -2.08. The third kappa shape index (κ3) is 13.7. The highest BCUT2D eigenvalue weighted by molar-refractivity contribution is 5.70. The van der Waals surface area contributed by atoms with Crippen LogP contribution in [0.1, 0.15) is 51.4 Å². The van der Waals surface area contributed by atoms with E-state index in [1.165, 1.54) is 12.2 Å². The molecular formula is C28H32N2O8. The molecule has 0 saturated carbocycles. The molecule has 0 unspecified atom stereocenters. The van der Waals surface area contributed by atoms with E-state index in [4.69, 9.17) is 18.9 Å². The van der Waals surface area contributed by atoms with E-state index < -0.39 is 0 Å². The van der Waals surface area contributed by atoms with Gasteiger partial charge in [-0.15, -0.1) is 0 Å². The Hall–Kier alpha value is -4.26. The molecule has 0 saturated heterocycles. The molecule has 2 rings (SSSR count). The summed E-state index contributed by atoms with van der Waals surface area (Å²) in [5, 5.41) is 0. The lowest BCUT2D eigenvalue weighted by Crippen LogP contribution is -2.13. The van der Waals surface area contributed by atoms with E-state index in [-0.39, 0.29) is 25.2 Å². The summed E-state index contributed by atoms with van der Waals surface area (Å²) in [6, 6.07) is 13.6. The normalized spacial score (nSPS) is 10.0. The number of ether oxygens (including phenoxy) is 4. The van der Waals surface area contributed by atoms with Crippen LogP contribution in [0.25, 0.3) is 0 Å². The number of aliphatic imine (C=N–C) groups is 2. The quantitative estimate of drug-likeness (QED) is 0.105. The minimum atomic E-state index is -0.320. The standard InChI is InChI=1S/C28H32N2O8/c31-21-29-23-9-13-25(14-10-23)35-17-5-1-3-7-27(33)37-19-20-38-28(34)8-4-2-6-18-36-26-15-11-24(12-16-26)30-22-32/h9-16H,1-8,17-20H2. The minimum absolute atomic E-state index is 0.0443. The van der Waals surface area contributed by atoms with Gasteiger partial charge in [-0.05, 0) is 87.1 Å². The van der Waals surface area contributed by atoms with Crippen LogP contribution in [0.4, 0.5) is 11.4 Å². The maximum atomic E-state index is 11.8. The Kier molecular flexibility index (Phi) is 14.9. The summed E-state index contributed by atoms with van der Waals surface area (Å²) in [7, 11) is 0. The number of hydrogen-bond donors (Lipinski definition) is 0. The van der Waals surface area contributed by atoms with Crippen LogP contribution in [0, 0.1) is 0 Å². The second kappa shape index (κ2) is 18.9. The molecule has 0 aliphatic carbocycles. The van der Waals surface area contributed by atoms with Crippen LogP contribution in [0.2, 0.25) is 0 Å². The number of isocyanates is 2. The predicted octanol–water partition coefficient (Wildman–Crippen LogP) is 5.29. The van der Waals surface area contributed by atoms with E-state index >= 15 is 0 Å². The second-order valence-electron chi connectivity index (χ2n) is 8.15. The van der Waals surface area contributed by atoms with E-state index in [1.807, 2.05) is 0 Å². The van der Waals surface area contributed by atoms with Crippen molar-refractivity contribution in [2.24, 2.45) is 9.98 Å². The van der Waals surface area contributed by atoms with Gasteiger partial charge in [0.1, 0.15) is 24.7 Å². The molecule has 2 aromatic rings. The van der Waals surface area contributed by atoms with E-state index in [9.17, 15) is 19.2 Å². The average molecular weight is 525 g/mol. The summed E-state index contributed by atoms with van der Waals surface area (Å²) in [6.45, 7) is 1.12. The maximum Gasteiger partial charge on any atom is 0.305 e. The Morgan fingerprint density at radius 1 is 0.553 bits per heavy atom. The van der Waals surface area contributed by atoms with Crippen molar-refractivity contribution in [3.05, 3.63) is 48.5 Å². The van der Waals surface area contributed by atoms with Gasteiger partial charge >= 0.3 is 11.9 Å². The number of carbonyl (C=O) groups is 2. The summed E-state index contributed by atoms with van der Waals surface area (Å²) >= 11 is 0. The number of carbonyl (C=O) groups excluding carboxylic acids is 4.